The number of aryl methyl sites for hydroxylation is 3. The van der Waals surface area contributed by atoms with Crippen LogP contribution < -0.4 is 4.57 Å². The van der Waals surface area contributed by atoms with Gasteiger partial charge in [0.05, 0.1) is 10.9 Å². The minimum Gasteiger partial charge on any atom is -0.304 e. The monoisotopic (exact) mass is 378 g/mol. The number of nitrogens with zero attached hydrogens (tertiary/aromatic N) is 2. The number of hydrogen-bond donors (Lipinski definition) is 0. The van der Waals surface area contributed by atoms with Crippen LogP contribution in [-0.4, -0.2) is 4.57 Å². The third-order valence-corrected chi connectivity index (χ3v) is 6.26. The Morgan fingerprint density at radius 1 is 0.931 bits per heavy atom. The predicted molar refractivity (Wildman–Crippen MR) is 120 cm³/mol. The van der Waals surface area contributed by atoms with Crippen LogP contribution in [0.25, 0.3) is 38.8 Å². The van der Waals surface area contributed by atoms with Gasteiger partial charge in [-0.25, -0.2) is 0 Å². The molecule has 0 aliphatic heterocycles. The van der Waals surface area contributed by atoms with Crippen molar-refractivity contribution < 1.29 is 8.68 Å². The molecule has 2 heteroatoms. The molecule has 0 radical (unpaired) electrons. The minimum atomic E-state index is -2.17. The maximum atomic E-state index is 8.00. The van der Waals surface area contributed by atoms with Gasteiger partial charge in [-0.15, -0.1) is 0 Å². The lowest BCUT2D eigenvalue weighted by molar-refractivity contribution is -0.644. The van der Waals surface area contributed by atoms with Crippen LogP contribution in [0.2, 0.25) is 0 Å². The molecular weight excluding hydrogens is 352 g/mol. The number of pyridine rings is 1. The van der Waals surface area contributed by atoms with Crippen LogP contribution in [0.1, 0.15) is 26.4 Å². The van der Waals surface area contributed by atoms with Gasteiger partial charge in [0, 0.05) is 15.4 Å². The third-order valence-electron chi connectivity index (χ3n) is 6.26. The second kappa shape index (κ2) is 5.81. The van der Waals surface area contributed by atoms with Crippen molar-refractivity contribution in [2.45, 2.75) is 20.2 Å². The first-order valence-corrected chi connectivity index (χ1v) is 9.99. The normalized spacial score (nSPS) is 14.5. The molecule has 0 spiro atoms. The van der Waals surface area contributed by atoms with Gasteiger partial charge in [-0.1, -0.05) is 42.5 Å². The van der Waals surface area contributed by atoms with Crippen molar-refractivity contribution in [1.29, 1.82) is 0 Å². The molecule has 0 amide bonds. The van der Waals surface area contributed by atoms with Crippen molar-refractivity contribution in [2.75, 3.05) is 0 Å². The van der Waals surface area contributed by atoms with Crippen LogP contribution in [0.15, 0.2) is 72.9 Å². The van der Waals surface area contributed by atoms with Gasteiger partial charge in [-0.3, -0.25) is 0 Å². The van der Waals surface area contributed by atoms with Crippen LogP contribution in [0.4, 0.5) is 0 Å². The van der Waals surface area contributed by atoms with E-state index in [1.54, 1.807) is 6.20 Å². The van der Waals surface area contributed by atoms with Crippen molar-refractivity contribution in [3.8, 4) is 16.8 Å². The molecule has 5 aromatic rings. The largest absolute Gasteiger partial charge is 0.304 e. The molecule has 1 aliphatic rings. The van der Waals surface area contributed by atoms with Crippen molar-refractivity contribution >= 4 is 21.9 Å². The highest BCUT2D eigenvalue weighted by atomic mass is 15.0. The molecule has 3 aromatic carbocycles. The second-order valence-electron chi connectivity index (χ2n) is 8.01. The molecule has 6 rings (SSSR count). The van der Waals surface area contributed by atoms with E-state index in [1.807, 2.05) is 35.9 Å². The third kappa shape index (κ3) is 2.20. The Balaban J connectivity index is 1.81. The van der Waals surface area contributed by atoms with Gasteiger partial charge in [0.2, 0.25) is 5.52 Å². The van der Waals surface area contributed by atoms with Crippen LogP contribution in [0.5, 0.6) is 0 Å². The summed E-state index contributed by atoms with van der Waals surface area (Å²) in [6.07, 6.45) is 2.68. The lowest BCUT2D eigenvalue weighted by Gasteiger charge is -2.10. The summed E-state index contributed by atoms with van der Waals surface area (Å²) in [7, 11) is 1.95. The molecule has 0 N–H and O–H groups in total. The smallest absolute Gasteiger partial charge is 0.239 e. The van der Waals surface area contributed by atoms with Crippen molar-refractivity contribution in [3.05, 3.63) is 95.2 Å². The van der Waals surface area contributed by atoms with E-state index in [0.717, 1.165) is 28.7 Å². The molecule has 0 unspecified atom stereocenters. The molecular formula is C27H23N2+. The quantitative estimate of drug-likeness (QED) is 0.320. The summed E-state index contributed by atoms with van der Waals surface area (Å²) in [5.41, 5.74) is 11.0. The molecule has 0 fully saturated rings. The van der Waals surface area contributed by atoms with Crippen LogP contribution in [-0.2, 0) is 13.5 Å². The molecule has 0 bridgehead atoms. The summed E-state index contributed by atoms with van der Waals surface area (Å²) in [4.78, 5) is 0. The molecule has 1 aliphatic carbocycles. The zero-order valence-electron chi connectivity index (χ0n) is 19.5. The number of hydrogen-bond acceptors (Lipinski definition) is 0. The standard InChI is InChI=1S/C27H23N2/c1-17-13-24-27(28(3)16-17)26-18(2)25-20(14-19-9-7-8-12-22(19)25)15-23(26)29(24)21-10-5-4-6-11-21/h4-13,15-16H,14H2,1-3H3/q+1/i1D3. The van der Waals surface area contributed by atoms with Crippen molar-refractivity contribution in [2.24, 2.45) is 7.05 Å². The van der Waals surface area contributed by atoms with E-state index in [-0.39, 0.29) is 0 Å². The molecule has 140 valence electrons. The lowest BCUT2D eigenvalue weighted by Crippen LogP contribution is -2.28. The van der Waals surface area contributed by atoms with Gasteiger partial charge in [0.1, 0.15) is 12.6 Å². The maximum Gasteiger partial charge on any atom is 0.239 e. The van der Waals surface area contributed by atoms with Gasteiger partial charge in [0.25, 0.3) is 0 Å². The number of benzene rings is 3. The average molecular weight is 379 g/mol. The zero-order chi connectivity index (χ0) is 22.2. The Labute approximate surface area is 174 Å². The van der Waals surface area contributed by atoms with Gasteiger partial charge in [-0.05, 0) is 72.3 Å². The van der Waals surface area contributed by atoms with E-state index in [0.29, 0.717) is 5.56 Å². The number of para-hydroxylation sites is 1. The zero-order valence-corrected chi connectivity index (χ0v) is 16.5. The van der Waals surface area contributed by atoms with Gasteiger partial charge in [0.15, 0.2) is 6.20 Å². The Morgan fingerprint density at radius 2 is 1.72 bits per heavy atom. The number of rotatable bonds is 1. The molecule has 2 aromatic heterocycles. The fraction of sp³-hybridized carbons (Fsp3) is 0.148. The summed E-state index contributed by atoms with van der Waals surface area (Å²) in [5, 5.41) is 1.18. The summed E-state index contributed by atoms with van der Waals surface area (Å²) in [5.74, 6) is 0. The first-order valence-electron chi connectivity index (χ1n) is 11.5. The maximum absolute atomic E-state index is 8.00. The van der Waals surface area contributed by atoms with Crippen LogP contribution in [0.3, 0.4) is 0 Å². The average Bonchev–Trinajstić information content (AvgIpc) is 3.30. The van der Waals surface area contributed by atoms with Crippen LogP contribution in [0, 0.1) is 13.8 Å². The molecule has 2 nitrogen and oxygen atoms in total. The van der Waals surface area contributed by atoms with Gasteiger partial charge >= 0.3 is 0 Å². The Bertz CT molecular complexity index is 1540. The second-order valence-corrected chi connectivity index (χ2v) is 8.01. The molecule has 0 saturated carbocycles. The van der Waals surface area contributed by atoms with Crippen molar-refractivity contribution in [3.63, 3.8) is 0 Å². The summed E-state index contributed by atoms with van der Waals surface area (Å²) >= 11 is 0. The minimum absolute atomic E-state index is 0.350. The van der Waals surface area contributed by atoms with E-state index in [4.69, 9.17) is 4.11 Å². The highest BCUT2D eigenvalue weighted by Crippen LogP contribution is 2.44. The molecule has 29 heavy (non-hydrogen) atoms. The van der Waals surface area contributed by atoms with Crippen molar-refractivity contribution in [1.82, 2.24) is 4.57 Å². The van der Waals surface area contributed by atoms with E-state index >= 15 is 0 Å². The van der Waals surface area contributed by atoms with Crippen LogP contribution >= 0.6 is 0 Å². The van der Waals surface area contributed by atoms with E-state index in [9.17, 15) is 0 Å². The number of aromatic nitrogens is 2. The fourth-order valence-electron chi connectivity index (χ4n) is 5.15. The fourth-order valence-corrected chi connectivity index (χ4v) is 5.15. The lowest BCUT2D eigenvalue weighted by atomic mass is 9.96. The molecule has 0 atom stereocenters. The van der Waals surface area contributed by atoms with E-state index in [2.05, 4.69) is 54.0 Å². The Kier molecular flexibility index (Phi) is 2.75. The van der Waals surface area contributed by atoms with E-state index in [1.165, 1.54) is 33.2 Å². The summed E-state index contributed by atoms with van der Waals surface area (Å²) in [6, 6.07) is 23.0. The highest BCUT2D eigenvalue weighted by Gasteiger charge is 2.28. The Morgan fingerprint density at radius 3 is 2.55 bits per heavy atom. The summed E-state index contributed by atoms with van der Waals surface area (Å²) < 4.78 is 28.2. The Hall–Kier alpha value is -3.39. The van der Waals surface area contributed by atoms with E-state index < -0.39 is 6.85 Å². The predicted octanol–water partition coefficient (Wildman–Crippen LogP) is 5.80. The first-order chi connectivity index (χ1) is 15.3. The highest BCUT2D eigenvalue weighted by molar-refractivity contribution is 6.10. The summed E-state index contributed by atoms with van der Waals surface area (Å²) in [6.45, 7) is 0.0371. The first kappa shape index (κ1) is 13.7. The van der Waals surface area contributed by atoms with Gasteiger partial charge in [-0.2, -0.15) is 4.57 Å². The molecule has 2 heterocycles. The van der Waals surface area contributed by atoms with Gasteiger partial charge < -0.3 is 4.57 Å². The number of fused-ring (bicyclic) bond motifs is 6. The topological polar surface area (TPSA) is 8.81 Å². The molecule has 0 saturated heterocycles. The SMILES string of the molecule is [2H]C([2H])([2H])c1cc2c(c3c(C)c4c(cc3n2-c2ccccc2)Cc2ccccc2-4)[n+](C)c1.